The summed E-state index contributed by atoms with van der Waals surface area (Å²) in [5.41, 5.74) is 1.88. The van der Waals surface area contributed by atoms with Crippen molar-refractivity contribution in [2.45, 2.75) is 38.8 Å². The van der Waals surface area contributed by atoms with E-state index in [1.165, 1.54) is 12.3 Å². The van der Waals surface area contributed by atoms with E-state index in [4.69, 9.17) is 9.15 Å². The Kier molecular flexibility index (Phi) is 6.13. The maximum absolute atomic E-state index is 13.2. The number of nitrogens with zero attached hydrogens (tertiary/aromatic N) is 2. The first-order valence-electron chi connectivity index (χ1n) is 10.8. The average molecular weight is 424 g/mol. The van der Waals surface area contributed by atoms with Gasteiger partial charge in [-0.05, 0) is 56.5 Å². The van der Waals surface area contributed by atoms with Crippen molar-refractivity contribution in [3.05, 3.63) is 65.3 Å². The van der Waals surface area contributed by atoms with E-state index in [9.17, 15) is 14.7 Å². The number of carbonyl (C=O) groups is 2. The summed E-state index contributed by atoms with van der Waals surface area (Å²) in [6.07, 6.45) is 3.08. The van der Waals surface area contributed by atoms with Crippen molar-refractivity contribution in [1.29, 1.82) is 0 Å². The number of Topliss-reactive ketones (excluding diaryl/α,β-unsaturated/α-hetero) is 1. The third-order valence-corrected chi connectivity index (χ3v) is 6.05. The minimum Gasteiger partial charge on any atom is -0.503 e. The Morgan fingerprint density at radius 2 is 1.94 bits per heavy atom. The lowest BCUT2D eigenvalue weighted by Gasteiger charge is -2.29. The first-order valence-corrected chi connectivity index (χ1v) is 10.8. The number of hydrogen-bond acceptors (Lipinski definition) is 6. The van der Waals surface area contributed by atoms with Gasteiger partial charge in [0.1, 0.15) is 0 Å². The summed E-state index contributed by atoms with van der Waals surface area (Å²) in [4.78, 5) is 29.9. The van der Waals surface area contributed by atoms with Crippen LogP contribution in [0.2, 0.25) is 0 Å². The van der Waals surface area contributed by atoms with Crippen LogP contribution in [-0.4, -0.2) is 54.0 Å². The molecule has 0 saturated carbocycles. The third-order valence-electron chi connectivity index (χ3n) is 6.05. The van der Waals surface area contributed by atoms with E-state index in [2.05, 4.69) is 18.7 Å². The van der Waals surface area contributed by atoms with Gasteiger partial charge in [-0.1, -0.05) is 12.1 Å². The number of anilines is 1. The number of ketones is 1. The molecule has 0 aliphatic carbocycles. The Bertz CT molecular complexity index is 954. The molecule has 1 saturated heterocycles. The van der Waals surface area contributed by atoms with E-state index in [1.54, 1.807) is 11.0 Å². The van der Waals surface area contributed by atoms with Crippen molar-refractivity contribution < 1.29 is 23.8 Å². The van der Waals surface area contributed by atoms with Gasteiger partial charge in [0.2, 0.25) is 5.78 Å². The van der Waals surface area contributed by atoms with Crippen molar-refractivity contribution in [3.8, 4) is 0 Å². The van der Waals surface area contributed by atoms with Crippen LogP contribution >= 0.6 is 0 Å². The number of benzene rings is 1. The lowest BCUT2D eigenvalue weighted by atomic mass is 9.94. The van der Waals surface area contributed by atoms with Gasteiger partial charge in [-0.25, -0.2) is 0 Å². The molecule has 3 heterocycles. The highest BCUT2D eigenvalue weighted by molar-refractivity contribution is 6.15. The molecule has 1 aromatic heterocycles. The molecule has 31 heavy (non-hydrogen) atoms. The number of carbonyl (C=O) groups excluding carboxylic acids is 2. The first-order chi connectivity index (χ1) is 15.0. The molecule has 1 amide bonds. The van der Waals surface area contributed by atoms with Crippen molar-refractivity contribution in [2.24, 2.45) is 0 Å². The van der Waals surface area contributed by atoms with Gasteiger partial charge in [-0.2, -0.15) is 0 Å². The maximum atomic E-state index is 13.2. The van der Waals surface area contributed by atoms with Crippen molar-refractivity contribution in [3.63, 3.8) is 0 Å². The first kappa shape index (κ1) is 21.2. The normalized spacial score (nSPS) is 21.2. The predicted octanol–water partition coefficient (Wildman–Crippen LogP) is 3.88. The van der Waals surface area contributed by atoms with Crippen LogP contribution in [0.4, 0.5) is 5.69 Å². The average Bonchev–Trinajstić information content (AvgIpc) is 3.54. The number of amides is 1. The molecule has 4 rings (SSSR count). The molecule has 1 aromatic carbocycles. The monoisotopic (exact) mass is 424 g/mol. The predicted molar refractivity (Wildman–Crippen MR) is 116 cm³/mol. The Hall–Kier alpha value is -3.06. The van der Waals surface area contributed by atoms with Gasteiger partial charge in [0.25, 0.3) is 5.91 Å². The highest BCUT2D eigenvalue weighted by Gasteiger charge is 2.45. The molecular weight excluding hydrogens is 396 g/mol. The molecule has 0 radical (unpaired) electrons. The third kappa shape index (κ3) is 3.97. The minimum atomic E-state index is -0.694. The zero-order chi connectivity index (χ0) is 22.0. The largest absolute Gasteiger partial charge is 0.503 e. The van der Waals surface area contributed by atoms with Gasteiger partial charge < -0.3 is 24.1 Å². The van der Waals surface area contributed by atoms with Crippen molar-refractivity contribution in [1.82, 2.24) is 4.90 Å². The van der Waals surface area contributed by atoms with Crippen LogP contribution < -0.4 is 4.90 Å². The number of aliphatic hydroxyl groups excluding tert-OH is 1. The van der Waals surface area contributed by atoms with Crippen LogP contribution in [0.5, 0.6) is 0 Å². The minimum absolute atomic E-state index is 0.0496. The summed E-state index contributed by atoms with van der Waals surface area (Å²) >= 11 is 0. The number of aliphatic hydroxyl groups is 1. The zero-order valence-electron chi connectivity index (χ0n) is 17.9. The van der Waals surface area contributed by atoms with Gasteiger partial charge in [-0.3, -0.25) is 9.59 Å². The van der Waals surface area contributed by atoms with E-state index in [0.717, 1.165) is 37.2 Å². The molecule has 1 N–H and O–H groups in total. The van der Waals surface area contributed by atoms with E-state index >= 15 is 0 Å². The van der Waals surface area contributed by atoms with Crippen LogP contribution in [0.1, 0.15) is 48.8 Å². The topological polar surface area (TPSA) is 83.2 Å². The summed E-state index contributed by atoms with van der Waals surface area (Å²) in [5, 5.41) is 10.7. The maximum Gasteiger partial charge on any atom is 0.290 e. The van der Waals surface area contributed by atoms with Gasteiger partial charge >= 0.3 is 0 Å². The molecule has 0 bridgehead atoms. The van der Waals surface area contributed by atoms with Gasteiger partial charge in [0, 0.05) is 31.9 Å². The highest BCUT2D eigenvalue weighted by atomic mass is 16.5. The lowest BCUT2D eigenvalue weighted by Crippen LogP contribution is -2.37. The molecule has 7 heteroatoms. The smallest absolute Gasteiger partial charge is 0.290 e. The molecule has 2 aliphatic rings. The van der Waals surface area contributed by atoms with Gasteiger partial charge in [0.15, 0.2) is 11.5 Å². The molecule has 0 spiro atoms. The Balaban J connectivity index is 1.72. The van der Waals surface area contributed by atoms with Crippen LogP contribution in [0, 0.1) is 0 Å². The fraction of sp³-hybridized carbons (Fsp3) is 0.417. The number of furan rings is 1. The summed E-state index contributed by atoms with van der Waals surface area (Å²) in [5.74, 6) is -1.46. The molecule has 2 unspecified atom stereocenters. The van der Waals surface area contributed by atoms with Gasteiger partial charge in [0.05, 0.1) is 24.0 Å². The van der Waals surface area contributed by atoms with E-state index in [0.29, 0.717) is 13.2 Å². The molecule has 164 valence electrons. The molecular formula is C24H28N2O5. The second-order valence-electron chi connectivity index (χ2n) is 7.83. The molecule has 2 aliphatic heterocycles. The van der Waals surface area contributed by atoms with E-state index in [1.807, 2.05) is 24.3 Å². The highest BCUT2D eigenvalue weighted by Crippen LogP contribution is 2.40. The molecule has 2 aromatic rings. The fourth-order valence-corrected chi connectivity index (χ4v) is 4.42. The Labute approximate surface area is 181 Å². The van der Waals surface area contributed by atoms with Crippen LogP contribution in [0.15, 0.2) is 58.4 Å². The zero-order valence-corrected chi connectivity index (χ0v) is 17.9. The van der Waals surface area contributed by atoms with E-state index in [-0.39, 0.29) is 17.4 Å². The SMILES string of the molecule is CCN(CC)c1ccc(C2C(C(=O)c3ccco3)=C(O)C(=O)N2CC2CCCO2)cc1. The van der Waals surface area contributed by atoms with Crippen LogP contribution in [0.3, 0.4) is 0 Å². The van der Waals surface area contributed by atoms with Crippen molar-refractivity contribution in [2.75, 3.05) is 31.1 Å². The Morgan fingerprint density at radius 1 is 1.19 bits per heavy atom. The lowest BCUT2D eigenvalue weighted by molar-refractivity contribution is -0.131. The second-order valence-corrected chi connectivity index (χ2v) is 7.83. The number of hydrogen-bond donors (Lipinski definition) is 1. The van der Waals surface area contributed by atoms with Crippen LogP contribution in [-0.2, 0) is 9.53 Å². The van der Waals surface area contributed by atoms with Crippen LogP contribution in [0.25, 0.3) is 0 Å². The van der Waals surface area contributed by atoms with Crippen molar-refractivity contribution >= 4 is 17.4 Å². The summed E-state index contributed by atoms with van der Waals surface area (Å²) in [6, 6.07) is 10.3. The fourth-order valence-electron chi connectivity index (χ4n) is 4.42. The molecule has 2 atom stereocenters. The second kappa shape index (κ2) is 8.98. The standard InChI is InChI=1S/C24H28N2O5/c1-3-25(4-2)17-11-9-16(10-12-17)21-20(22(27)19-8-6-14-31-19)23(28)24(29)26(21)15-18-7-5-13-30-18/h6,8-12,14,18,21,28H,3-5,7,13,15H2,1-2H3. The number of ether oxygens (including phenoxy) is 1. The summed E-state index contributed by atoms with van der Waals surface area (Å²) in [7, 11) is 0. The Morgan fingerprint density at radius 3 is 2.52 bits per heavy atom. The van der Waals surface area contributed by atoms with Gasteiger partial charge in [-0.15, -0.1) is 0 Å². The summed E-state index contributed by atoms with van der Waals surface area (Å²) < 4.78 is 11.0. The quantitative estimate of drug-likeness (QED) is 0.648. The molecule has 1 fully saturated rings. The van der Waals surface area contributed by atoms with E-state index < -0.39 is 23.5 Å². The number of rotatable bonds is 8. The molecule has 7 nitrogen and oxygen atoms in total. The summed E-state index contributed by atoms with van der Waals surface area (Å²) in [6.45, 7) is 6.93.